The lowest BCUT2D eigenvalue weighted by Gasteiger charge is -2.32. The van der Waals surface area contributed by atoms with E-state index < -0.39 is 0 Å². The highest BCUT2D eigenvalue weighted by molar-refractivity contribution is 5.91. The number of benzene rings is 1. The van der Waals surface area contributed by atoms with Gasteiger partial charge in [-0.05, 0) is 37.7 Å². The first kappa shape index (κ1) is 18.9. The Morgan fingerprint density at radius 2 is 1.88 bits per heavy atom. The first-order valence-electron chi connectivity index (χ1n) is 9.94. The first-order valence-corrected chi connectivity index (χ1v) is 9.94. The number of aryl methyl sites for hydroxylation is 1. The molecule has 3 N–H and O–H groups in total. The van der Waals surface area contributed by atoms with E-state index in [9.17, 15) is 9.59 Å². The smallest absolute Gasteiger partial charge is 0.243 e. The van der Waals surface area contributed by atoms with Gasteiger partial charge in [0.2, 0.25) is 11.8 Å². The molecule has 1 aliphatic carbocycles. The fourth-order valence-electron chi connectivity index (χ4n) is 4.28. The van der Waals surface area contributed by atoms with Crippen LogP contribution in [0.15, 0.2) is 24.3 Å². The highest BCUT2D eigenvalue weighted by Crippen LogP contribution is 2.27. The van der Waals surface area contributed by atoms with Crippen LogP contribution in [0.3, 0.4) is 0 Å². The van der Waals surface area contributed by atoms with E-state index in [1.165, 1.54) is 24.8 Å². The van der Waals surface area contributed by atoms with Crippen LogP contribution in [0.5, 0.6) is 0 Å². The number of carbonyl (C=O) groups excluding carboxylic acids is 2. The van der Waals surface area contributed by atoms with Gasteiger partial charge < -0.3 is 16.0 Å². The number of hydrogen-bond donors (Lipinski definition) is 2. The number of rotatable bonds is 6. The molecular weight excluding hydrogens is 326 g/mol. The van der Waals surface area contributed by atoms with Crippen molar-refractivity contribution in [1.29, 1.82) is 0 Å². The molecule has 2 unspecified atom stereocenters. The quantitative estimate of drug-likeness (QED) is 0.821. The Morgan fingerprint density at radius 1 is 1.19 bits per heavy atom. The van der Waals surface area contributed by atoms with Crippen molar-refractivity contribution in [1.82, 2.24) is 10.2 Å². The molecule has 1 aromatic carbocycles. The van der Waals surface area contributed by atoms with E-state index in [-0.39, 0.29) is 23.9 Å². The summed E-state index contributed by atoms with van der Waals surface area (Å²) < 4.78 is 0. The van der Waals surface area contributed by atoms with E-state index in [0.717, 1.165) is 18.4 Å². The number of amides is 2. The van der Waals surface area contributed by atoms with Crippen LogP contribution in [0.1, 0.15) is 56.1 Å². The third-order valence-corrected chi connectivity index (χ3v) is 5.90. The normalized spacial score (nSPS) is 22.5. The largest absolute Gasteiger partial charge is 0.350 e. The van der Waals surface area contributed by atoms with Crippen molar-refractivity contribution < 1.29 is 9.59 Å². The van der Waals surface area contributed by atoms with Gasteiger partial charge in [0.05, 0.1) is 0 Å². The van der Waals surface area contributed by atoms with Gasteiger partial charge in [0.1, 0.15) is 6.04 Å². The summed E-state index contributed by atoms with van der Waals surface area (Å²) in [5.41, 5.74) is 8.21. The van der Waals surface area contributed by atoms with Crippen LogP contribution in [-0.4, -0.2) is 35.3 Å². The standard InChI is InChI=1S/C21H31N3O2/c1-15-7-9-16(10-8-15)14-24-19(11-12-20(24)25)21(26)23-18(13-22)17-5-3-2-4-6-17/h7-10,17-19H,2-6,11-14,22H2,1H3,(H,23,26). The van der Waals surface area contributed by atoms with Crippen molar-refractivity contribution >= 4 is 11.8 Å². The van der Waals surface area contributed by atoms with E-state index in [2.05, 4.69) is 5.32 Å². The molecule has 26 heavy (non-hydrogen) atoms. The Morgan fingerprint density at radius 3 is 2.54 bits per heavy atom. The second-order valence-corrected chi connectivity index (χ2v) is 7.81. The zero-order chi connectivity index (χ0) is 18.5. The predicted molar refractivity (Wildman–Crippen MR) is 102 cm³/mol. The van der Waals surface area contributed by atoms with E-state index >= 15 is 0 Å². The molecule has 1 saturated carbocycles. The Kier molecular flexibility index (Phi) is 6.30. The SMILES string of the molecule is Cc1ccc(CN2C(=O)CCC2C(=O)NC(CN)C2CCCCC2)cc1. The predicted octanol–water partition coefficient (Wildman–Crippen LogP) is 2.51. The molecule has 5 heteroatoms. The molecule has 0 bridgehead atoms. The van der Waals surface area contributed by atoms with Crippen LogP contribution in [0, 0.1) is 12.8 Å². The third-order valence-electron chi connectivity index (χ3n) is 5.90. The minimum atomic E-state index is -0.374. The molecule has 2 atom stereocenters. The maximum atomic E-state index is 12.9. The fourth-order valence-corrected chi connectivity index (χ4v) is 4.28. The molecule has 1 saturated heterocycles. The lowest BCUT2D eigenvalue weighted by Crippen LogP contribution is -2.52. The van der Waals surface area contributed by atoms with Crippen molar-refractivity contribution in [2.75, 3.05) is 6.54 Å². The van der Waals surface area contributed by atoms with Gasteiger partial charge >= 0.3 is 0 Å². The van der Waals surface area contributed by atoms with E-state index in [4.69, 9.17) is 5.73 Å². The summed E-state index contributed by atoms with van der Waals surface area (Å²) in [5, 5.41) is 3.17. The van der Waals surface area contributed by atoms with Gasteiger partial charge in [-0.3, -0.25) is 9.59 Å². The molecule has 0 radical (unpaired) electrons. The van der Waals surface area contributed by atoms with Gasteiger partial charge in [0.15, 0.2) is 0 Å². The summed E-state index contributed by atoms with van der Waals surface area (Å²) in [6.07, 6.45) is 7.04. The van der Waals surface area contributed by atoms with Crippen LogP contribution in [0.25, 0.3) is 0 Å². The summed E-state index contributed by atoms with van der Waals surface area (Å²) in [4.78, 5) is 27.0. The van der Waals surface area contributed by atoms with Gasteiger partial charge in [-0.15, -0.1) is 0 Å². The van der Waals surface area contributed by atoms with Gasteiger partial charge in [0.25, 0.3) is 0 Å². The van der Waals surface area contributed by atoms with Gasteiger partial charge in [0, 0.05) is 25.6 Å². The van der Waals surface area contributed by atoms with Gasteiger partial charge in [-0.1, -0.05) is 49.1 Å². The number of carbonyl (C=O) groups is 2. The number of nitrogens with two attached hydrogens (primary N) is 1. The highest BCUT2D eigenvalue weighted by Gasteiger charge is 2.37. The number of hydrogen-bond acceptors (Lipinski definition) is 3. The summed E-state index contributed by atoms with van der Waals surface area (Å²) in [6, 6.07) is 7.79. The highest BCUT2D eigenvalue weighted by atomic mass is 16.2. The fraction of sp³-hybridized carbons (Fsp3) is 0.619. The maximum Gasteiger partial charge on any atom is 0.243 e. The monoisotopic (exact) mass is 357 g/mol. The Bertz CT molecular complexity index is 623. The molecular formula is C21H31N3O2. The minimum absolute atomic E-state index is 0.0275. The van der Waals surface area contributed by atoms with Crippen molar-refractivity contribution in [3.8, 4) is 0 Å². The minimum Gasteiger partial charge on any atom is -0.350 e. The molecule has 2 aliphatic rings. The Labute approximate surface area is 156 Å². The molecule has 2 amide bonds. The van der Waals surface area contributed by atoms with Crippen molar-refractivity contribution in [2.45, 2.75) is 70.5 Å². The number of likely N-dealkylation sites (tertiary alicyclic amines) is 1. The summed E-state index contributed by atoms with van der Waals surface area (Å²) in [7, 11) is 0. The van der Waals surface area contributed by atoms with Crippen LogP contribution < -0.4 is 11.1 Å². The summed E-state index contributed by atoms with van der Waals surface area (Å²) >= 11 is 0. The molecule has 142 valence electrons. The molecule has 2 fully saturated rings. The average Bonchev–Trinajstić information content (AvgIpc) is 3.03. The third kappa shape index (κ3) is 4.44. The molecule has 1 heterocycles. The molecule has 1 aliphatic heterocycles. The lowest BCUT2D eigenvalue weighted by atomic mass is 9.84. The molecule has 0 spiro atoms. The molecule has 1 aromatic rings. The van der Waals surface area contributed by atoms with Crippen molar-refractivity contribution in [3.63, 3.8) is 0 Å². The second-order valence-electron chi connectivity index (χ2n) is 7.81. The second kappa shape index (κ2) is 8.67. The summed E-state index contributed by atoms with van der Waals surface area (Å²) in [6.45, 7) is 3.00. The van der Waals surface area contributed by atoms with Crippen LogP contribution in [0.2, 0.25) is 0 Å². The molecule has 3 rings (SSSR count). The zero-order valence-corrected chi connectivity index (χ0v) is 15.7. The van der Waals surface area contributed by atoms with Crippen LogP contribution >= 0.6 is 0 Å². The Hall–Kier alpha value is -1.88. The average molecular weight is 357 g/mol. The van der Waals surface area contributed by atoms with Gasteiger partial charge in [-0.2, -0.15) is 0 Å². The van der Waals surface area contributed by atoms with E-state index in [1.54, 1.807) is 4.90 Å². The molecule has 5 nitrogen and oxygen atoms in total. The van der Waals surface area contributed by atoms with E-state index in [1.807, 2.05) is 31.2 Å². The van der Waals surface area contributed by atoms with Crippen LogP contribution in [0.4, 0.5) is 0 Å². The maximum absolute atomic E-state index is 12.9. The number of nitrogens with zero attached hydrogens (tertiary/aromatic N) is 1. The van der Waals surface area contributed by atoms with Gasteiger partial charge in [-0.25, -0.2) is 0 Å². The van der Waals surface area contributed by atoms with E-state index in [0.29, 0.717) is 31.8 Å². The van der Waals surface area contributed by atoms with Crippen molar-refractivity contribution in [2.24, 2.45) is 11.7 Å². The topological polar surface area (TPSA) is 75.4 Å². The first-order chi connectivity index (χ1) is 12.6. The zero-order valence-electron chi connectivity index (χ0n) is 15.7. The number of nitrogens with one attached hydrogen (secondary N) is 1. The van der Waals surface area contributed by atoms with Crippen LogP contribution in [-0.2, 0) is 16.1 Å². The van der Waals surface area contributed by atoms with Crippen molar-refractivity contribution in [3.05, 3.63) is 35.4 Å². The lowest BCUT2D eigenvalue weighted by molar-refractivity contribution is -0.136. The summed E-state index contributed by atoms with van der Waals surface area (Å²) in [5.74, 6) is 0.497. The Balaban J connectivity index is 1.64. The molecule has 0 aromatic heterocycles.